The first kappa shape index (κ1) is 22.1. The Bertz CT molecular complexity index is 1080. The molecule has 160 valence electrons. The molecular formula is C23H19F3N2O3. The Morgan fingerprint density at radius 1 is 1.23 bits per heavy atom. The van der Waals surface area contributed by atoms with Crippen molar-refractivity contribution in [2.45, 2.75) is 32.4 Å². The maximum atomic E-state index is 13.2. The van der Waals surface area contributed by atoms with Crippen molar-refractivity contribution in [3.05, 3.63) is 76.5 Å². The van der Waals surface area contributed by atoms with Gasteiger partial charge in [0.1, 0.15) is 0 Å². The highest BCUT2D eigenvalue weighted by Gasteiger charge is 2.38. The van der Waals surface area contributed by atoms with E-state index < -0.39 is 29.5 Å². The van der Waals surface area contributed by atoms with Crippen molar-refractivity contribution in [2.24, 2.45) is 0 Å². The van der Waals surface area contributed by atoms with Crippen LogP contribution in [0.3, 0.4) is 0 Å². The third-order valence-corrected chi connectivity index (χ3v) is 5.07. The van der Waals surface area contributed by atoms with Gasteiger partial charge in [0.25, 0.3) is 0 Å². The fraction of sp³-hybridized carbons (Fsp3) is 0.261. The van der Waals surface area contributed by atoms with E-state index in [2.05, 4.69) is 0 Å². The SMILES string of the molecule is CCOC(=O)C1=C(C)N(c2cccc(C(F)(F)F)c2)C(=O)CC1c1ccc(C#N)cc1. The average molecular weight is 428 g/mol. The van der Waals surface area contributed by atoms with Crippen LogP contribution in [-0.4, -0.2) is 18.5 Å². The highest BCUT2D eigenvalue weighted by molar-refractivity contribution is 6.04. The van der Waals surface area contributed by atoms with Crippen LogP contribution in [0.4, 0.5) is 18.9 Å². The minimum Gasteiger partial charge on any atom is -0.463 e. The molecule has 0 aliphatic carbocycles. The number of halogens is 3. The molecule has 0 saturated carbocycles. The summed E-state index contributed by atoms with van der Waals surface area (Å²) in [5, 5.41) is 9.00. The van der Waals surface area contributed by atoms with Gasteiger partial charge in [0.15, 0.2) is 0 Å². The van der Waals surface area contributed by atoms with Gasteiger partial charge in [-0.3, -0.25) is 9.69 Å². The fourth-order valence-corrected chi connectivity index (χ4v) is 3.66. The van der Waals surface area contributed by atoms with Crippen molar-refractivity contribution in [3.8, 4) is 6.07 Å². The Kier molecular flexibility index (Phi) is 6.16. The van der Waals surface area contributed by atoms with Gasteiger partial charge >= 0.3 is 12.1 Å². The number of carbonyl (C=O) groups is 2. The van der Waals surface area contributed by atoms with E-state index in [1.165, 1.54) is 19.1 Å². The molecular weight excluding hydrogens is 409 g/mol. The number of esters is 1. The molecule has 5 nitrogen and oxygen atoms in total. The summed E-state index contributed by atoms with van der Waals surface area (Å²) in [5.74, 6) is -1.72. The number of hydrogen-bond acceptors (Lipinski definition) is 4. The number of nitrogens with zero attached hydrogens (tertiary/aromatic N) is 2. The number of allylic oxidation sites excluding steroid dienone is 1. The van der Waals surface area contributed by atoms with Crippen LogP contribution in [0.1, 0.15) is 42.9 Å². The van der Waals surface area contributed by atoms with Gasteiger partial charge in [0, 0.05) is 23.7 Å². The summed E-state index contributed by atoms with van der Waals surface area (Å²) in [4.78, 5) is 26.9. The first-order chi connectivity index (χ1) is 14.7. The third-order valence-electron chi connectivity index (χ3n) is 5.07. The van der Waals surface area contributed by atoms with Crippen LogP contribution in [-0.2, 0) is 20.5 Å². The number of hydrogen-bond donors (Lipinski definition) is 0. The van der Waals surface area contributed by atoms with Crippen molar-refractivity contribution in [1.29, 1.82) is 5.26 Å². The molecule has 2 aromatic carbocycles. The molecule has 0 spiro atoms. The number of anilines is 1. The maximum Gasteiger partial charge on any atom is 0.416 e. The van der Waals surface area contributed by atoms with Crippen LogP contribution in [0.15, 0.2) is 59.8 Å². The summed E-state index contributed by atoms with van der Waals surface area (Å²) in [5.41, 5.74) is 0.607. The van der Waals surface area contributed by atoms with Crippen LogP contribution in [0, 0.1) is 11.3 Å². The molecule has 1 heterocycles. The molecule has 2 aromatic rings. The number of ether oxygens (including phenoxy) is 1. The lowest BCUT2D eigenvalue weighted by Gasteiger charge is -2.34. The van der Waals surface area contributed by atoms with E-state index in [-0.39, 0.29) is 30.0 Å². The second kappa shape index (κ2) is 8.64. The zero-order valence-electron chi connectivity index (χ0n) is 16.9. The van der Waals surface area contributed by atoms with Crippen molar-refractivity contribution < 1.29 is 27.5 Å². The smallest absolute Gasteiger partial charge is 0.416 e. The Morgan fingerprint density at radius 2 is 1.90 bits per heavy atom. The van der Waals surface area contributed by atoms with Gasteiger partial charge < -0.3 is 4.74 Å². The molecule has 1 unspecified atom stereocenters. The van der Waals surface area contributed by atoms with Crippen molar-refractivity contribution >= 4 is 17.6 Å². The summed E-state index contributed by atoms with van der Waals surface area (Å²) in [6.45, 7) is 3.26. The van der Waals surface area contributed by atoms with Crippen LogP contribution in [0.2, 0.25) is 0 Å². The van der Waals surface area contributed by atoms with Gasteiger partial charge in [0.05, 0.1) is 29.4 Å². The van der Waals surface area contributed by atoms with Crippen LogP contribution >= 0.6 is 0 Å². The lowest BCUT2D eigenvalue weighted by Crippen LogP contribution is -2.38. The molecule has 1 atom stereocenters. The second-order valence-electron chi connectivity index (χ2n) is 6.99. The van der Waals surface area contributed by atoms with E-state index >= 15 is 0 Å². The monoisotopic (exact) mass is 428 g/mol. The predicted molar refractivity (Wildman–Crippen MR) is 107 cm³/mol. The summed E-state index contributed by atoms with van der Waals surface area (Å²) in [6, 6.07) is 12.9. The minimum atomic E-state index is -4.57. The van der Waals surface area contributed by atoms with Gasteiger partial charge in [-0.2, -0.15) is 18.4 Å². The van der Waals surface area contributed by atoms with E-state index in [0.717, 1.165) is 17.0 Å². The van der Waals surface area contributed by atoms with E-state index in [4.69, 9.17) is 10.00 Å². The third kappa shape index (κ3) is 4.45. The number of rotatable bonds is 4. The van der Waals surface area contributed by atoms with Crippen molar-refractivity contribution in [3.63, 3.8) is 0 Å². The summed E-state index contributed by atoms with van der Waals surface area (Å²) in [6.07, 6.45) is -4.70. The highest BCUT2D eigenvalue weighted by atomic mass is 19.4. The topological polar surface area (TPSA) is 70.4 Å². The molecule has 0 fully saturated rings. The average Bonchev–Trinajstić information content (AvgIpc) is 2.73. The molecule has 8 heteroatoms. The molecule has 1 aliphatic heterocycles. The molecule has 0 radical (unpaired) electrons. The molecule has 3 rings (SSSR count). The summed E-state index contributed by atoms with van der Waals surface area (Å²) < 4.78 is 44.7. The second-order valence-corrected chi connectivity index (χ2v) is 6.99. The maximum absolute atomic E-state index is 13.2. The van der Waals surface area contributed by atoms with Crippen LogP contribution in [0.5, 0.6) is 0 Å². The van der Waals surface area contributed by atoms with Gasteiger partial charge in [-0.25, -0.2) is 4.79 Å². The molecule has 0 N–H and O–H groups in total. The van der Waals surface area contributed by atoms with E-state index in [9.17, 15) is 22.8 Å². The van der Waals surface area contributed by atoms with Gasteiger partial charge in [-0.1, -0.05) is 18.2 Å². The summed E-state index contributed by atoms with van der Waals surface area (Å²) >= 11 is 0. The van der Waals surface area contributed by atoms with Gasteiger partial charge in [-0.05, 0) is 49.7 Å². The molecule has 1 amide bonds. The zero-order chi connectivity index (χ0) is 22.8. The molecule has 1 aliphatic rings. The van der Waals surface area contributed by atoms with Crippen LogP contribution in [0.25, 0.3) is 0 Å². The predicted octanol–water partition coefficient (Wildman–Crippen LogP) is 4.93. The first-order valence-corrected chi connectivity index (χ1v) is 9.55. The standard InChI is InChI=1S/C23H19F3N2O3/c1-3-31-22(30)21-14(2)28(18-6-4-5-17(11-18)23(24,25)26)20(29)12-19(21)16-9-7-15(13-27)8-10-16/h4-11,19H,3,12H2,1-2H3. The Labute approximate surface area is 177 Å². The zero-order valence-corrected chi connectivity index (χ0v) is 16.9. The van der Waals surface area contributed by atoms with E-state index in [1.54, 1.807) is 31.2 Å². The Hall–Kier alpha value is -3.60. The Morgan fingerprint density at radius 3 is 2.48 bits per heavy atom. The van der Waals surface area contributed by atoms with E-state index in [0.29, 0.717) is 11.1 Å². The largest absolute Gasteiger partial charge is 0.463 e. The minimum absolute atomic E-state index is 0.0254. The normalized spacial score (nSPS) is 16.8. The van der Waals surface area contributed by atoms with Gasteiger partial charge in [0.2, 0.25) is 5.91 Å². The molecule has 0 aromatic heterocycles. The number of benzene rings is 2. The van der Waals surface area contributed by atoms with Gasteiger partial charge in [-0.15, -0.1) is 0 Å². The highest BCUT2D eigenvalue weighted by Crippen LogP contribution is 2.40. The number of nitriles is 1. The molecule has 0 bridgehead atoms. The molecule has 0 saturated heterocycles. The fourth-order valence-electron chi connectivity index (χ4n) is 3.66. The van der Waals surface area contributed by atoms with Crippen molar-refractivity contribution in [2.75, 3.05) is 11.5 Å². The van der Waals surface area contributed by atoms with E-state index in [1.807, 2.05) is 6.07 Å². The quantitative estimate of drug-likeness (QED) is 0.647. The number of amides is 1. The number of carbonyl (C=O) groups excluding carboxylic acids is 2. The summed E-state index contributed by atoms with van der Waals surface area (Å²) in [7, 11) is 0. The number of alkyl halides is 3. The lowest BCUT2D eigenvalue weighted by molar-refractivity contribution is -0.139. The first-order valence-electron chi connectivity index (χ1n) is 9.55. The molecule has 31 heavy (non-hydrogen) atoms. The van der Waals surface area contributed by atoms with Crippen molar-refractivity contribution in [1.82, 2.24) is 0 Å². The van der Waals surface area contributed by atoms with Crippen LogP contribution < -0.4 is 4.90 Å². The Balaban J connectivity index is 2.13. The lowest BCUT2D eigenvalue weighted by atomic mass is 9.83.